The molecule has 0 atom stereocenters. The van der Waals surface area contributed by atoms with Crippen LogP contribution in [0.1, 0.15) is 25.0 Å². The van der Waals surface area contributed by atoms with Crippen LogP contribution >= 0.6 is 0 Å². The van der Waals surface area contributed by atoms with Crippen molar-refractivity contribution in [3.8, 4) is 66.8 Å². The van der Waals surface area contributed by atoms with Gasteiger partial charge in [0.15, 0.2) is 0 Å². The minimum absolute atomic E-state index is 0.0474. The molecule has 0 heterocycles. The van der Waals surface area contributed by atoms with Gasteiger partial charge in [0.1, 0.15) is 0 Å². The highest BCUT2D eigenvalue weighted by Crippen LogP contribution is 2.50. The summed E-state index contributed by atoms with van der Waals surface area (Å²) in [6, 6.07) is 86.6. The predicted molar refractivity (Wildman–Crippen MR) is 263 cm³/mol. The van der Waals surface area contributed by atoms with Gasteiger partial charge in [-0.2, -0.15) is 0 Å². The van der Waals surface area contributed by atoms with Crippen molar-refractivity contribution < 1.29 is 0 Å². The Morgan fingerprint density at radius 1 is 0.258 bits per heavy atom. The molecule has 1 aliphatic carbocycles. The van der Waals surface area contributed by atoms with Gasteiger partial charge in [-0.3, -0.25) is 0 Å². The van der Waals surface area contributed by atoms with Gasteiger partial charge in [0.2, 0.25) is 0 Å². The van der Waals surface area contributed by atoms with Gasteiger partial charge in [-0.05, 0) is 149 Å². The quantitative estimate of drug-likeness (QED) is 0.148. The van der Waals surface area contributed by atoms with E-state index in [9.17, 15) is 0 Å². The van der Waals surface area contributed by atoms with Gasteiger partial charge in [-0.1, -0.05) is 190 Å². The van der Waals surface area contributed by atoms with Crippen LogP contribution in [0.5, 0.6) is 0 Å². The molecule has 0 fully saturated rings. The van der Waals surface area contributed by atoms with Crippen LogP contribution in [0.15, 0.2) is 237 Å². The molecule has 0 aromatic heterocycles. The molecule has 0 saturated carbocycles. The third-order valence-electron chi connectivity index (χ3n) is 12.9. The summed E-state index contributed by atoms with van der Waals surface area (Å²) in [5.74, 6) is 0. The summed E-state index contributed by atoms with van der Waals surface area (Å²) in [6.07, 6.45) is 0. The summed E-state index contributed by atoms with van der Waals surface area (Å²) in [4.78, 5) is 2.38. The first-order valence-corrected chi connectivity index (χ1v) is 21.6. The molecule has 0 spiro atoms. The second kappa shape index (κ2) is 15.4. The third kappa shape index (κ3) is 6.79. The molecule has 0 N–H and O–H groups in total. The largest absolute Gasteiger partial charge is 0.310 e. The normalized spacial score (nSPS) is 12.5. The van der Waals surface area contributed by atoms with Crippen LogP contribution in [0.3, 0.4) is 0 Å². The molecular weight excluding hydrogens is 747 g/mol. The molecule has 0 bridgehead atoms. The van der Waals surface area contributed by atoms with E-state index in [4.69, 9.17) is 0 Å². The molecule has 0 saturated heterocycles. The Balaban J connectivity index is 0.959. The zero-order valence-electron chi connectivity index (χ0n) is 35.0. The molecule has 0 aliphatic heterocycles. The third-order valence-corrected chi connectivity index (χ3v) is 12.9. The van der Waals surface area contributed by atoms with Crippen molar-refractivity contribution in [2.24, 2.45) is 0 Å². The highest BCUT2D eigenvalue weighted by molar-refractivity contribution is 5.89. The van der Waals surface area contributed by atoms with Crippen LogP contribution in [0.4, 0.5) is 17.1 Å². The SMILES string of the molecule is CC1(C)c2ccccc2-c2ccc(-c3ccc(N(c4ccc(-c5cccc(-c6ccc7ccccc7c6)c5)cc4)c4cccc(-c5cccc(-c6ccccc6)c5)c4)cc3)cc21. The van der Waals surface area contributed by atoms with Crippen LogP contribution in [0.25, 0.3) is 77.5 Å². The Bertz CT molecular complexity index is 3250. The summed E-state index contributed by atoms with van der Waals surface area (Å²) < 4.78 is 0. The van der Waals surface area contributed by atoms with Gasteiger partial charge >= 0.3 is 0 Å². The highest BCUT2D eigenvalue weighted by atomic mass is 15.1. The predicted octanol–water partition coefficient (Wildman–Crippen LogP) is 17.0. The van der Waals surface area contributed by atoms with Gasteiger partial charge in [0, 0.05) is 22.5 Å². The summed E-state index contributed by atoms with van der Waals surface area (Å²) in [5, 5.41) is 2.51. The number of anilines is 3. The van der Waals surface area contributed by atoms with E-state index in [1.54, 1.807) is 0 Å². The lowest BCUT2D eigenvalue weighted by Crippen LogP contribution is -2.14. The number of nitrogens with zero attached hydrogens (tertiary/aromatic N) is 1. The standard InChI is InChI=1S/C61H45N/c1-61(2)59-24-9-8-23-57(59)58-36-31-53(41-60(58)61)45-29-34-55(35-30-45)62(56-22-12-21-51(40-56)49-19-10-17-47(37-49)42-13-4-3-5-14-42)54-32-27-44(28-33-54)48-18-11-20-50(38-48)52-26-25-43-15-6-7-16-46(43)39-52/h3-41H,1-2H3. The molecule has 294 valence electrons. The summed E-state index contributed by atoms with van der Waals surface area (Å²) in [5.41, 5.74) is 20.8. The van der Waals surface area contributed by atoms with E-state index >= 15 is 0 Å². The highest BCUT2D eigenvalue weighted by Gasteiger charge is 2.35. The van der Waals surface area contributed by atoms with Crippen molar-refractivity contribution >= 4 is 27.8 Å². The van der Waals surface area contributed by atoms with E-state index in [0.717, 1.165) is 17.1 Å². The van der Waals surface area contributed by atoms with Gasteiger partial charge in [-0.15, -0.1) is 0 Å². The number of hydrogen-bond acceptors (Lipinski definition) is 1. The number of hydrogen-bond donors (Lipinski definition) is 0. The zero-order valence-corrected chi connectivity index (χ0v) is 35.0. The molecule has 1 nitrogen and oxygen atoms in total. The van der Waals surface area contributed by atoms with Gasteiger partial charge in [-0.25, -0.2) is 0 Å². The molecule has 11 rings (SSSR count). The van der Waals surface area contributed by atoms with E-state index < -0.39 is 0 Å². The second-order valence-electron chi connectivity index (χ2n) is 17.0. The van der Waals surface area contributed by atoms with E-state index in [2.05, 4.69) is 255 Å². The summed E-state index contributed by atoms with van der Waals surface area (Å²) >= 11 is 0. The lowest BCUT2D eigenvalue weighted by molar-refractivity contribution is 0.660. The van der Waals surface area contributed by atoms with Crippen molar-refractivity contribution in [2.45, 2.75) is 19.3 Å². The van der Waals surface area contributed by atoms with Crippen LogP contribution in [-0.2, 0) is 5.41 Å². The van der Waals surface area contributed by atoms with Gasteiger partial charge in [0.25, 0.3) is 0 Å². The first-order chi connectivity index (χ1) is 30.5. The molecule has 1 heteroatoms. The molecule has 0 unspecified atom stereocenters. The van der Waals surface area contributed by atoms with Crippen LogP contribution in [0, 0.1) is 0 Å². The Morgan fingerprint density at radius 3 is 1.35 bits per heavy atom. The van der Waals surface area contributed by atoms with Crippen molar-refractivity contribution in [1.29, 1.82) is 0 Å². The number of fused-ring (bicyclic) bond motifs is 4. The lowest BCUT2D eigenvalue weighted by Gasteiger charge is -2.26. The number of benzene rings is 10. The van der Waals surface area contributed by atoms with E-state index in [-0.39, 0.29) is 5.41 Å². The fraction of sp³-hybridized carbons (Fsp3) is 0.0492. The first-order valence-electron chi connectivity index (χ1n) is 21.6. The average Bonchev–Trinajstić information content (AvgIpc) is 3.57. The van der Waals surface area contributed by atoms with Crippen LogP contribution < -0.4 is 4.90 Å². The van der Waals surface area contributed by atoms with E-state index in [1.165, 1.54) is 88.7 Å². The van der Waals surface area contributed by atoms with Gasteiger partial charge < -0.3 is 4.90 Å². The van der Waals surface area contributed by atoms with E-state index in [1.807, 2.05) is 0 Å². The fourth-order valence-corrected chi connectivity index (χ4v) is 9.52. The van der Waals surface area contributed by atoms with E-state index in [0.29, 0.717) is 0 Å². The topological polar surface area (TPSA) is 3.24 Å². The molecule has 0 amide bonds. The fourth-order valence-electron chi connectivity index (χ4n) is 9.52. The zero-order chi connectivity index (χ0) is 41.6. The molecule has 10 aromatic carbocycles. The maximum atomic E-state index is 2.41. The minimum Gasteiger partial charge on any atom is -0.310 e. The monoisotopic (exact) mass is 791 g/mol. The van der Waals surface area contributed by atoms with Crippen molar-refractivity contribution in [2.75, 3.05) is 4.90 Å². The summed E-state index contributed by atoms with van der Waals surface area (Å²) in [6.45, 7) is 4.70. The smallest absolute Gasteiger partial charge is 0.0467 e. The van der Waals surface area contributed by atoms with Crippen LogP contribution in [-0.4, -0.2) is 0 Å². The Kier molecular flexibility index (Phi) is 9.24. The lowest BCUT2D eigenvalue weighted by atomic mass is 9.81. The van der Waals surface area contributed by atoms with Crippen molar-refractivity contribution in [1.82, 2.24) is 0 Å². The van der Waals surface area contributed by atoms with Gasteiger partial charge in [0.05, 0.1) is 0 Å². The van der Waals surface area contributed by atoms with Crippen molar-refractivity contribution in [3.05, 3.63) is 248 Å². The van der Waals surface area contributed by atoms with Crippen LogP contribution in [0.2, 0.25) is 0 Å². The maximum Gasteiger partial charge on any atom is 0.0467 e. The first kappa shape index (κ1) is 37.3. The minimum atomic E-state index is -0.0474. The molecule has 10 aromatic rings. The van der Waals surface area contributed by atoms with Crippen molar-refractivity contribution in [3.63, 3.8) is 0 Å². The average molecular weight is 792 g/mol. The molecule has 62 heavy (non-hydrogen) atoms. The Labute approximate surface area is 364 Å². The summed E-state index contributed by atoms with van der Waals surface area (Å²) in [7, 11) is 0. The maximum absolute atomic E-state index is 2.41. The second-order valence-corrected chi connectivity index (χ2v) is 17.0. The number of rotatable bonds is 8. The Hall–Kier alpha value is -7.74. The molecule has 0 radical (unpaired) electrons. The molecular formula is C61H45N. The molecule has 1 aliphatic rings. The Morgan fingerprint density at radius 2 is 0.694 bits per heavy atom.